The van der Waals surface area contributed by atoms with Crippen LogP contribution in [0.15, 0.2) is 29.2 Å². The van der Waals surface area contributed by atoms with Crippen LogP contribution in [0.5, 0.6) is 0 Å². The molecule has 1 saturated heterocycles. The average Bonchev–Trinajstić information content (AvgIpc) is 2.94. The summed E-state index contributed by atoms with van der Waals surface area (Å²) >= 11 is 0. The summed E-state index contributed by atoms with van der Waals surface area (Å²) < 4.78 is 27.8. The highest BCUT2D eigenvalue weighted by atomic mass is 32.2. The van der Waals surface area contributed by atoms with Crippen LogP contribution in [-0.4, -0.2) is 49.7 Å². The van der Waals surface area contributed by atoms with E-state index in [0.717, 1.165) is 31.2 Å². The van der Waals surface area contributed by atoms with E-state index in [1.165, 1.54) is 6.42 Å². The van der Waals surface area contributed by atoms with Gasteiger partial charge in [-0.15, -0.1) is 0 Å². The van der Waals surface area contributed by atoms with Crippen molar-refractivity contribution in [2.45, 2.75) is 69.6 Å². The molecule has 6 heteroatoms. The van der Waals surface area contributed by atoms with Crippen LogP contribution in [0.4, 0.5) is 0 Å². The lowest BCUT2D eigenvalue weighted by atomic mass is 9.87. The SMILES string of the molecule is CC(C)(C)c1ccc(S(=O)(=O)N2CCCN(C(=O)C3CCCCC3)CC2)cc1. The molecule has 0 bridgehead atoms. The molecule has 1 saturated carbocycles. The van der Waals surface area contributed by atoms with E-state index in [1.54, 1.807) is 16.4 Å². The predicted octanol–water partition coefficient (Wildman–Crippen LogP) is 3.79. The molecule has 0 unspecified atom stereocenters. The molecule has 1 heterocycles. The highest BCUT2D eigenvalue weighted by Crippen LogP contribution is 2.27. The lowest BCUT2D eigenvalue weighted by molar-refractivity contribution is -0.136. The number of rotatable bonds is 3. The molecule has 5 nitrogen and oxygen atoms in total. The number of hydrogen-bond donors (Lipinski definition) is 0. The molecule has 1 aliphatic heterocycles. The van der Waals surface area contributed by atoms with E-state index in [9.17, 15) is 13.2 Å². The number of benzene rings is 1. The smallest absolute Gasteiger partial charge is 0.243 e. The number of hydrogen-bond acceptors (Lipinski definition) is 3. The van der Waals surface area contributed by atoms with Gasteiger partial charge in [-0.05, 0) is 42.4 Å². The van der Waals surface area contributed by atoms with E-state index in [2.05, 4.69) is 20.8 Å². The summed E-state index contributed by atoms with van der Waals surface area (Å²) in [7, 11) is -3.53. The second-order valence-electron chi connectivity index (χ2n) is 9.19. The number of nitrogens with zero attached hydrogens (tertiary/aromatic N) is 2. The molecule has 2 fully saturated rings. The van der Waals surface area contributed by atoms with Crippen LogP contribution < -0.4 is 0 Å². The molecule has 0 radical (unpaired) electrons. The Morgan fingerprint density at radius 2 is 1.54 bits per heavy atom. The zero-order chi connectivity index (χ0) is 20.4. The number of sulfonamides is 1. The van der Waals surface area contributed by atoms with Crippen molar-refractivity contribution in [2.24, 2.45) is 5.92 Å². The minimum Gasteiger partial charge on any atom is -0.341 e. The van der Waals surface area contributed by atoms with Crippen LogP contribution in [0.25, 0.3) is 0 Å². The fourth-order valence-corrected chi connectivity index (χ4v) is 5.71. The summed E-state index contributed by atoms with van der Waals surface area (Å²) in [4.78, 5) is 15.1. The zero-order valence-electron chi connectivity index (χ0n) is 17.5. The van der Waals surface area contributed by atoms with E-state index >= 15 is 0 Å². The van der Waals surface area contributed by atoms with Crippen LogP contribution in [0.1, 0.15) is 64.9 Å². The third-order valence-electron chi connectivity index (χ3n) is 6.08. The van der Waals surface area contributed by atoms with Gasteiger partial charge >= 0.3 is 0 Å². The maximum Gasteiger partial charge on any atom is 0.243 e. The zero-order valence-corrected chi connectivity index (χ0v) is 18.3. The summed E-state index contributed by atoms with van der Waals surface area (Å²) in [6.45, 7) is 8.34. The van der Waals surface area contributed by atoms with Crippen molar-refractivity contribution in [3.05, 3.63) is 29.8 Å². The fourth-order valence-electron chi connectivity index (χ4n) is 4.24. The Bertz CT molecular complexity index is 775. The standard InChI is InChI=1S/C22H34N2O3S/c1-22(2,3)19-10-12-20(13-11-19)28(26,27)24-15-7-14-23(16-17-24)21(25)18-8-5-4-6-9-18/h10-13,18H,4-9,14-17H2,1-3H3. The molecule has 3 rings (SSSR count). The predicted molar refractivity (Wildman–Crippen MR) is 112 cm³/mol. The molecule has 0 spiro atoms. The van der Waals surface area contributed by atoms with E-state index in [-0.39, 0.29) is 17.2 Å². The fraction of sp³-hybridized carbons (Fsp3) is 0.682. The number of amides is 1. The molecule has 1 aliphatic carbocycles. The average molecular weight is 407 g/mol. The lowest BCUT2D eigenvalue weighted by Crippen LogP contribution is -2.40. The summed E-state index contributed by atoms with van der Waals surface area (Å²) in [6, 6.07) is 7.24. The van der Waals surface area contributed by atoms with Crippen molar-refractivity contribution in [1.29, 1.82) is 0 Å². The van der Waals surface area contributed by atoms with E-state index in [4.69, 9.17) is 0 Å². The highest BCUT2D eigenvalue weighted by molar-refractivity contribution is 7.89. The third kappa shape index (κ3) is 4.77. The van der Waals surface area contributed by atoms with E-state index < -0.39 is 10.0 Å². The van der Waals surface area contributed by atoms with Gasteiger partial charge in [-0.2, -0.15) is 4.31 Å². The summed E-state index contributed by atoms with van der Waals surface area (Å²) in [5, 5.41) is 0. The number of carbonyl (C=O) groups excluding carboxylic acids is 1. The maximum absolute atomic E-state index is 13.1. The van der Waals surface area contributed by atoms with Gasteiger partial charge in [0, 0.05) is 32.1 Å². The molecule has 1 aromatic carbocycles. The number of carbonyl (C=O) groups is 1. The molecule has 1 aromatic rings. The monoisotopic (exact) mass is 406 g/mol. The Hall–Kier alpha value is -1.40. The van der Waals surface area contributed by atoms with Crippen LogP contribution in [0.3, 0.4) is 0 Å². The van der Waals surface area contributed by atoms with Gasteiger partial charge in [-0.25, -0.2) is 8.42 Å². The molecule has 28 heavy (non-hydrogen) atoms. The van der Waals surface area contributed by atoms with E-state index in [1.807, 2.05) is 17.0 Å². The Kier molecular flexibility index (Phi) is 6.50. The molecule has 156 valence electrons. The Morgan fingerprint density at radius 3 is 2.14 bits per heavy atom. The molecule has 2 aliphatic rings. The van der Waals surface area contributed by atoms with Crippen molar-refractivity contribution in [3.8, 4) is 0 Å². The molecule has 0 aromatic heterocycles. The Morgan fingerprint density at radius 1 is 0.893 bits per heavy atom. The summed E-state index contributed by atoms with van der Waals surface area (Å²) in [5.74, 6) is 0.371. The highest BCUT2D eigenvalue weighted by Gasteiger charge is 2.31. The van der Waals surface area contributed by atoms with Crippen molar-refractivity contribution < 1.29 is 13.2 Å². The molecule has 0 N–H and O–H groups in total. The summed E-state index contributed by atoms with van der Waals surface area (Å²) in [5.41, 5.74) is 1.11. The molecular formula is C22H34N2O3S. The first-order chi connectivity index (χ1) is 13.2. The van der Waals surface area contributed by atoms with Crippen LogP contribution in [0, 0.1) is 5.92 Å². The Labute approximate surface area is 170 Å². The quantitative estimate of drug-likeness (QED) is 0.767. The van der Waals surface area contributed by atoms with Gasteiger partial charge in [0.15, 0.2) is 0 Å². The third-order valence-corrected chi connectivity index (χ3v) is 7.99. The van der Waals surface area contributed by atoms with Gasteiger partial charge < -0.3 is 4.90 Å². The van der Waals surface area contributed by atoms with Gasteiger partial charge in [-0.1, -0.05) is 52.2 Å². The second kappa shape index (κ2) is 8.54. The van der Waals surface area contributed by atoms with Gasteiger partial charge in [-0.3, -0.25) is 4.79 Å². The molecular weight excluding hydrogens is 372 g/mol. The van der Waals surface area contributed by atoms with E-state index in [0.29, 0.717) is 37.5 Å². The lowest BCUT2D eigenvalue weighted by Gasteiger charge is -2.28. The molecule has 0 atom stereocenters. The van der Waals surface area contributed by atoms with Gasteiger partial charge in [0.1, 0.15) is 0 Å². The minimum absolute atomic E-state index is 0.00905. The molecule has 1 amide bonds. The minimum atomic E-state index is -3.53. The topological polar surface area (TPSA) is 57.7 Å². The normalized spacial score (nSPS) is 20.8. The van der Waals surface area contributed by atoms with Crippen LogP contribution in [-0.2, 0) is 20.2 Å². The first-order valence-electron chi connectivity index (χ1n) is 10.6. The summed E-state index contributed by atoms with van der Waals surface area (Å²) in [6.07, 6.45) is 6.15. The van der Waals surface area contributed by atoms with Gasteiger partial charge in [0.2, 0.25) is 15.9 Å². The van der Waals surface area contributed by atoms with Crippen molar-refractivity contribution in [2.75, 3.05) is 26.2 Å². The van der Waals surface area contributed by atoms with Crippen molar-refractivity contribution >= 4 is 15.9 Å². The Balaban J connectivity index is 1.67. The van der Waals surface area contributed by atoms with Gasteiger partial charge in [0.05, 0.1) is 4.90 Å². The van der Waals surface area contributed by atoms with Crippen molar-refractivity contribution in [3.63, 3.8) is 0 Å². The van der Waals surface area contributed by atoms with Gasteiger partial charge in [0.25, 0.3) is 0 Å². The van der Waals surface area contributed by atoms with Crippen molar-refractivity contribution in [1.82, 2.24) is 9.21 Å². The second-order valence-corrected chi connectivity index (χ2v) is 11.1. The van der Waals surface area contributed by atoms with Crippen LogP contribution >= 0.6 is 0 Å². The largest absolute Gasteiger partial charge is 0.341 e. The van der Waals surface area contributed by atoms with Crippen LogP contribution in [0.2, 0.25) is 0 Å². The maximum atomic E-state index is 13.1. The first-order valence-corrected chi connectivity index (χ1v) is 12.0. The first kappa shape index (κ1) is 21.3.